The van der Waals surface area contributed by atoms with Crippen LogP contribution in [0.1, 0.15) is 49.6 Å². The topological polar surface area (TPSA) is 84.2 Å². The number of carbonyl (C=O) groups excluding carboxylic acids is 1. The van der Waals surface area contributed by atoms with Crippen LogP contribution in [0, 0.1) is 19.8 Å². The van der Waals surface area contributed by atoms with Crippen molar-refractivity contribution in [2.45, 2.75) is 58.4 Å². The molecule has 1 aromatic carbocycles. The van der Waals surface area contributed by atoms with Gasteiger partial charge >= 0.3 is 5.97 Å². The van der Waals surface area contributed by atoms with Crippen molar-refractivity contribution in [1.82, 2.24) is 15.1 Å². The fourth-order valence-corrected chi connectivity index (χ4v) is 3.87. The van der Waals surface area contributed by atoms with Crippen LogP contribution >= 0.6 is 0 Å². The van der Waals surface area contributed by atoms with E-state index in [0.29, 0.717) is 18.8 Å². The van der Waals surface area contributed by atoms with Gasteiger partial charge in [0.25, 0.3) is 0 Å². The number of aliphatic carboxylic acids is 1. The van der Waals surface area contributed by atoms with E-state index in [0.717, 1.165) is 35.5 Å². The number of amides is 1. The number of aryl methyl sites for hydroxylation is 1. The van der Waals surface area contributed by atoms with Crippen LogP contribution in [0.15, 0.2) is 30.3 Å². The maximum atomic E-state index is 12.7. The molecule has 27 heavy (non-hydrogen) atoms. The van der Waals surface area contributed by atoms with E-state index in [1.807, 2.05) is 48.9 Å². The second-order valence-electron chi connectivity index (χ2n) is 7.69. The monoisotopic (exact) mass is 369 g/mol. The van der Waals surface area contributed by atoms with Gasteiger partial charge < -0.3 is 10.4 Å². The summed E-state index contributed by atoms with van der Waals surface area (Å²) < 4.78 is 1.83. The summed E-state index contributed by atoms with van der Waals surface area (Å²) in [7, 11) is 0. The average Bonchev–Trinajstić information content (AvgIpc) is 2.92. The van der Waals surface area contributed by atoms with Crippen LogP contribution in [0.3, 0.4) is 0 Å². The van der Waals surface area contributed by atoms with Crippen molar-refractivity contribution in [3.8, 4) is 5.69 Å². The molecule has 0 radical (unpaired) electrons. The highest BCUT2D eigenvalue weighted by atomic mass is 16.4. The van der Waals surface area contributed by atoms with Gasteiger partial charge in [0.05, 0.1) is 17.8 Å². The molecule has 2 N–H and O–H groups in total. The number of carboxylic acid groups (broad SMARTS) is 1. The second-order valence-corrected chi connectivity index (χ2v) is 7.69. The normalized spacial score (nSPS) is 22.4. The number of nitrogens with one attached hydrogen (secondary N) is 1. The van der Waals surface area contributed by atoms with E-state index in [2.05, 4.69) is 17.3 Å². The van der Waals surface area contributed by atoms with Gasteiger partial charge in [0, 0.05) is 11.3 Å². The van der Waals surface area contributed by atoms with E-state index < -0.39 is 11.5 Å². The molecule has 6 nitrogen and oxygen atoms in total. The van der Waals surface area contributed by atoms with Crippen molar-refractivity contribution >= 4 is 11.9 Å². The molecule has 0 saturated heterocycles. The standard InChI is InChI=1S/C21H27N3O3/c1-14-9-11-21(12-10-14,20(26)27)22-19(25)13-18-15(2)23-24(16(18)3)17-7-5-4-6-8-17/h4-8,14H,9-13H2,1-3H3,(H,22,25)(H,26,27). The Bertz CT molecular complexity index is 834. The summed E-state index contributed by atoms with van der Waals surface area (Å²) in [6.45, 7) is 5.94. The van der Waals surface area contributed by atoms with Crippen LogP contribution in [-0.4, -0.2) is 32.3 Å². The number of rotatable bonds is 5. The molecular formula is C21H27N3O3. The van der Waals surface area contributed by atoms with Gasteiger partial charge in [-0.2, -0.15) is 5.10 Å². The molecule has 1 amide bonds. The number of hydrogen-bond donors (Lipinski definition) is 2. The molecule has 1 fully saturated rings. The Morgan fingerprint density at radius 2 is 1.85 bits per heavy atom. The lowest BCUT2D eigenvalue weighted by Crippen LogP contribution is -2.56. The average molecular weight is 369 g/mol. The highest BCUT2D eigenvalue weighted by molar-refractivity contribution is 5.88. The first-order valence-electron chi connectivity index (χ1n) is 9.47. The maximum absolute atomic E-state index is 12.7. The molecule has 3 rings (SSSR count). The van der Waals surface area contributed by atoms with Crippen molar-refractivity contribution < 1.29 is 14.7 Å². The number of hydrogen-bond acceptors (Lipinski definition) is 3. The van der Waals surface area contributed by atoms with Crippen LogP contribution in [0.5, 0.6) is 0 Å². The van der Waals surface area contributed by atoms with Gasteiger partial charge in [-0.1, -0.05) is 25.1 Å². The summed E-state index contributed by atoms with van der Waals surface area (Å²) in [4.78, 5) is 24.6. The number of nitrogens with zero attached hydrogens (tertiary/aromatic N) is 2. The zero-order valence-corrected chi connectivity index (χ0v) is 16.2. The molecule has 0 bridgehead atoms. The predicted octanol–water partition coefficient (Wildman–Crippen LogP) is 3.18. The molecule has 1 aliphatic carbocycles. The third kappa shape index (κ3) is 3.89. The molecule has 1 heterocycles. The van der Waals surface area contributed by atoms with Crippen molar-refractivity contribution in [2.24, 2.45) is 5.92 Å². The fourth-order valence-electron chi connectivity index (χ4n) is 3.87. The summed E-state index contributed by atoms with van der Waals surface area (Å²) in [5.41, 5.74) is 2.33. The van der Waals surface area contributed by atoms with E-state index in [9.17, 15) is 14.7 Å². The summed E-state index contributed by atoms with van der Waals surface area (Å²) in [5.74, 6) is -0.690. The molecule has 6 heteroatoms. The molecule has 0 spiro atoms. The van der Waals surface area contributed by atoms with Crippen molar-refractivity contribution in [3.63, 3.8) is 0 Å². The van der Waals surface area contributed by atoms with Crippen LogP contribution in [-0.2, 0) is 16.0 Å². The minimum Gasteiger partial charge on any atom is -0.480 e. The smallest absolute Gasteiger partial charge is 0.329 e. The zero-order valence-electron chi connectivity index (χ0n) is 16.2. The summed E-state index contributed by atoms with van der Waals surface area (Å²) in [6.07, 6.45) is 2.73. The van der Waals surface area contributed by atoms with Crippen LogP contribution in [0.2, 0.25) is 0 Å². The SMILES string of the molecule is Cc1nn(-c2ccccc2)c(C)c1CC(=O)NC1(C(=O)O)CCC(C)CC1. The Morgan fingerprint density at radius 3 is 2.44 bits per heavy atom. The Morgan fingerprint density at radius 1 is 1.22 bits per heavy atom. The van der Waals surface area contributed by atoms with E-state index in [1.54, 1.807) is 0 Å². The third-order valence-electron chi connectivity index (χ3n) is 5.70. The van der Waals surface area contributed by atoms with Gasteiger partial charge in [-0.05, 0) is 57.6 Å². The highest BCUT2D eigenvalue weighted by Crippen LogP contribution is 2.32. The van der Waals surface area contributed by atoms with E-state index in [1.165, 1.54) is 0 Å². The number of aromatic nitrogens is 2. The van der Waals surface area contributed by atoms with Gasteiger partial charge in [-0.25, -0.2) is 9.48 Å². The molecule has 2 aromatic rings. The number of carboxylic acids is 1. The van der Waals surface area contributed by atoms with Crippen molar-refractivity contribution in [1.29, 1.82) is 0 Å². The molecule has 0 aliphatic heterocycles. The summed E-state index contributed by atoms with van der Waals surface area (Å²) in [5, 5.41) is 17.1. The quantitative estimate of drug-likeness (QED) is 0.848. The molecule has 144 valence electrons. The first kappa shape index (κ1) is 19.1. The first-order chi connectivity index (χ1) is 12.8. The molecular weight excluding hydrogens is 342 g/mol. The fraction of sp³-hybridized carbons (Fsp3) is 0.476. The maximum Gasteiger partial charge on any atom is 0.329 e. The number of carbonyl (C=O) groups is 2. The lowest BCUT2D eigenvalue weighted by atomic mass is 9.77. The van der Waals surface area contributed by atoms with Gasteiger partial charge in [0.1, 0.15) is 5.54 Å². The third-order valence-corrected chi connectivity index (χ3v) is 5.70. The molecule has 0 unspecified atom stereocenters. The van der Waals surface area contributed by atoms with Crippen LogP contribution in [0.4, 0.5) is 0 Å². The predicted molar refractivity (Wildman–Crippen MR) is 103 cm³/mol. The lowest BCUT2D eigenvalue weighted by Gasteiger charge is -2.36. The molecule has 0 atom stereocenters. The van der Waals surface area contributed by atoms with Crippen molar-refractivity contribution in [3.05, 3.63) is 47.3 Å². The number of para-hydroxylation sites is 1. The van der Waals surface area contributed by atoms with E-state index in [4.69, 9.17) is 0 Å². The minimum atomic E-state index is -1.14. The Labute approximate surface area is 159 Å². The molecule has 1 aromatic heterocycles. The number of benzene rings is 1. The molecule has 1 saturated carbocycles. The van der Waals surface area contributed by atoms with Crippen LogP contribution in [0.25, 0.3) is 5.69 Å². The lowest BCUT2D eigenvalue weighted by molar-refractivity contribution is -0.149. The summed E-state index contributed by atoms with van der Waals surface area (Å²) in [6, 6.07) is 9.76. The largest absolute Gasteiger partial charge is 0.480 e. The van der Waals surface area contributed by atoms with Gasteiger partial charge in [-0.3, -0.25) is 4.79 Å². The van der Waals surface area contributed by atoms with Crippen molar-refractivity contribution in [2.75, 3.05) is 0 Å². The Balaban J connectivity index is 1.78. The highest BCUT2D eigenvalue weighted by Gasteiger charge is 2.42. The zero-order chi connectivity index (χ0) is 19.6. The summed E-state index contributed by atoms with van der Waals surface area (Å²) >= 11 is 0. The Hall–Kier alpha value is -2.63. The first-order valence-corrected chi connectivity index (χ1v) is 9.47. The second kappa shape index (κ2) is 7.55. The minimum absolute atomic E-state index is 0.134. The van der Waals surface area contributed by atoms with E-state index >= 15 is 0 Å². The Kier molecular flexibility index (Phi) is 5.35. The van der Waals surface area contributed by atoms with Crippen LogP contribution < -0.4 is 5.32 Å². The van der Waals surface area contributed by atoms with Gasteiger partial charge in [0.2, 0.25) is 5.91 Å². The van der Waals surface area contributed by atoms with Gasteiger partial charge in [0.15, 0.2) is 0 Å². The van der Waals surface area contributed by atoms with E-state index in [-0.39, 0.29) is 12.3 Å². The van der Waals surface area contributed by atoms with Gasteiger partial charge in [-0.15, -0.1) is 0 Å². The molecule has 1 aliphatic rings.